The molecule has 1 amide bonds. The van der Waals surface area contributed by atoms with Crippen LogP contribution in [0.5, 0.6) is 0 Å². The van der Waals surface area contributed by atoms with E-state index in [9.17, 15) is 4.79 Å². The fourth-order valence-corrected chi connectivity index (χ4v) is 2.67. The maximum atomic E-state index is 12.4. The SMILES string of the molecule is CC(C)C(CN)C(=O)N(CCO)C1CCCC1. The van der Waals surface area contributed by atoms with E-state index in [0.29, 0.717) is 19.1 Å². The summed E-state index contributed by atoms with van der Waals surface area (Å²) in [6.45, 7) is 4.94. The third-order valence-corrected chi connectivity index (χ3v) is 3.77. The fourth-order valence-electron chi connectivity index (χ4n) is 2.67. The van der Waals surface area contributed by atoms with Crippen molar-refractivity contribution in [1.29, 1.82) is 0 Å². The van der Waals surface area contributed by atoms with Gasteiger partial charge in [0.1, 0.15) is 0 Å². The predicted octanol–water partition coefficient (Wildman–Crippen LogP) is 0.981. The molecule has 4 heteroatoms. The molecule has 1 aliphatic carbocycles. The van der Waals surface area contributed by atoms with E-state index in [1.54, 1.807) is 0 Å². The standard InChI is InChI=1S/C13H26N2O2/c1-10(2)12(9-14)13(17)15(7-8-16)11-5-3-4-6-11/h10-12,16H,3-9,14H2,1-2H3. The minimum absolute atomic E-state index is 0.0393. The van der Waals surface area contributed by atoms with Gasteiger partial charge in [-0.15, -0.1) is 0 Å². The van der Waals surface area contributed by atoms with Crippen molar-refractivity contribution in [1.82, 2.24) is 4.90 Å². The Morgan fingerprint density at radius 2 is 2.00 bits per heavy atom. The quantitative estimate of drug-likeness (QED) is 0.729. The maximum absolute atomic E-state index is 12.4. The third kappa shape index (κ3) is 3.68. The summed E-state index contributed by atoms with van der Waals surface area (Å²) in [5.41, 5.74) is 5.70. The van der Waals surface area contributed by atoms with Crippen molar-refractivity contribution >= 4 is 5.91 Å². The van der Waals surface area contributed by atoms with Crippen molar-refractivity contribution < 1.29 is 9.90 Å². The van der Waals surface area contributed by atoms with E-state index in [0.717, 1.165) is 12.8 Å². The number of nitrogens with two attached hydrogens (primary N) is 1. The maximum Gasteiger partial charge on any atom is 0.227 e. The number of hydrogen-bond donors (Lipinski definition) is 2. The first kappa shape index (κ1) is 14.5. The molecule has 1 atom stereocenters. The van der Waals surface area contributed by atoms with E-state index in [1.165, 1.54) is 12.8 Å². The van der Waals surface area contributed by atoms with Gasteiger partial charge in [0, 0.05) is 19.1 Å². The average molecular weight is 242 g/mol. The minimum atomic E-state index is -0.109. The number of carbonyl (C=O) groups excluding carboxylic acids is 1. The van der Waals surface area contributed by atoms with E-state index >= 15 is 0 Å². The molecule has 1 rings (SSSR count). The van der Waals surface area contributed by atoms with Gasteiger partial charge in [-0.2, -0.15) is 0 Å². The highest BCUT2D eigenvalue weighted by Crippen LogP contribution is 2.25. The summed E-state index contributed by atoms with van der Waals surface area (Å²) in [7, 11) is 0. The largest absolute Gasteiger partial charge is 0.395 e. The van der Waals surface area contributed by atoms with Crippen molar-refractivity contribution in [3.8, 4) is 0 Å². The second-order valence-electron chi connectivity index (χ2n) is 5.28. The Bertz CT molecular complexity index is 238. The Labute approximate surface area is 104 Å². The van der Waals surface area contributed by atoms with Crippen LogP contribution < -0.4 is 5.73 Å². The highest BCUT2D eigenvalue weighted by molar-refractivity contribution is 5.79. The van der Waals surface area contributed by atoms with Crippen LogP contribution in [0, 0.1) is 11.8 Å². The van der Waals surface area contributed by atoms with E-state index in [2.05, 4.69) is 0 Å². The van der Waals surface area contributed by atoms with Gasteiger partial charge >= 0.3 is 0 Å². The molecule has 1 unspecified atom stereocenters. The van der Waals surface area contributed by atoms with Crippen molar-refractivity contribution in [3.05, 3.63) is 0 Å². The monoisotopic (exact) mass is 242 g/mol. The van der Waals surface area contributed by atoms with Crippen molar-refractivity contribution in [2.45, 2.75) is 45.6 Å². The van der Waals surface area contributed by atoms with Gasteiger partial charge in [0.15, 0.2) is 0 Å². The van der Waals surface area contributed by atoms with Crippen LogP contribution in [0.2, 0.25) is 0 Å². The van der Waals surface area contributed by atoms with Gasteiger partial charge in [-0.25, -0.2) is 0 Å². The van der Waals surface area contributed by atoms with Crippen molar-refractivity contribution in [2.24, 2.45) is 17.6 Å². The van der Waals surface area contributed by atoms with Gasteiger partial charge in [-0.3, -0.25) is 4.79 Å². The van der Waals surface area contributed by atoms with Gasteiger partial charge < -0.3 is 15.7 Å². The second-order valence-corrected chi connectivity index (χ2v) is 5.28. The molecular formula is C13H26N2O2. The molecule has 4 nitrogen and oxygen atoms in total. The lowest BCUT2D eigenvalue weighted by Gasteiger charge is -2.32. The summed E-state index contributed by atoms with van der Waals surface area (Å²) in [4.78, 5) is 14.3. The zero-order valence-electron chi connectivity index (χ0n) is 11.1. The first-order valence-electron chi connectivity index (χ1n) is 6.73. The summed E-state index contributed by atoms with van der Waals surface area (Å²) in [5.74, 6) is 0.278. The van der Waals surface area contributed by atoms with Crippen LogP contribution in [-0.2, 0) is 4.79 Å². The van der Waals surface area contributed by atoms with Crippen LogP contribution in [0.1, 0.15) is 39.5 Å². The van der Waals surface area contributed by atoms with Crippen LogP contribution in [0.4, 0.5) is 0 Å². The lowest BCUT2D eigenvalue weighted by Crippen LogP contribution is -2.47. The van der Waals surface area contributed by atoms with E-state index in [-0.39, 0.29) is 24.3 Å². The molecule has 0 aromatic heterocycles. The molecule has 0 heterocycles. The third-order valence-electron chi connectivity index (χ3n) is 3.77. The number of rotatable bonds is 6. The highest BCUT2D eigenvalue weighted by atomic mass is 16.3. The first-order chi connectivity index (χ1) is 8.11. The molecule has 3 N–H and O–H groups in total. The van der Waals surface area contributed by atoms with Gasteiger partial charge in [0.05, 0.1) is 12.5 Å². The van der Waals surface area contributed by atoms with Gasteiger partial charge in [-0.1, -0.05) is 26.7 Å². The van der Waals surface area contributed by atoms with Crippen molar-refractivity contribution in [2.75, 3.05) is 19.7 Å². The van der Waals surface area contributed by atoms with Crippen molar-refractivity contribution in [3.63, 3.8) is 0 Å². The fraction of sp³-hybridized carbons (Fsp3) is 0.923. The molecule has 0 aromatic rings. The summed E-state index contributed by atoms with van der Waals surface area (Å²) >= 11 is 0. The average Bonchev–Trinajstić information content (AvgIpc) is 2.79. The smallest absolute Gasteiger partial charge is 0.227 e. The molecule has 100 valence electrons. The van der Waals surface area contributed by atoms with Crippen LogP contribution in [0.3, 0.4) is 0 Å². The molecule has 0 aromatic carbocycles. The zero-order chi connectivity index (χ0) is 12.8. The Kier molecular flexibility index (Phi) is 5.92. The molecule has 1 aliphatic rings. The molecular weight excluding hydrogens is 216 g/mol. The van der Waals surface area contributed by atoms with E-state index in [4.69, 9.17) is 10.8 Å². The summed E-state index contributed by atoms with van der Waals surface area (Å²) < 4.78 is 0. The Hall–Kier alpha value is -0.610. The Balaban J connectivity index is 2.70. The summed E-state index contributed by atoms with van der Waals surface area (Å²) in [6.07, 6.45) is 4.52. The number of aliphatic hydroxyl groups excluding tert-OH is 1. The lowest BCUT2D eigenvalue weighted by atomic mass is 9.93. The lowest BCUT2D eigenvalue weighted by molar-refractivity contribution is -0.139. The Morgan fingerprint density at radius 1 is 1.41 bits per heavy atom. The topological polar surface area (TPSA) is 66.6 Å². The molecule has 0 radical (unpaired) electrons. The van der Waals surface area contributed by atoms with Gasteiger partial charge in [-0.05, 0) is 18.8 Å². The summed E-state index contributed by atoms with van der Waals surface area (Å²) in [6, 6.07) is 0.322. The van der Waals surface area contributed by atoms with E-state index < -0.39 is 0 Å². The number of carbonyl (C=O) groups is 1. The Morgan fingerprint density at radius 3 is 2.41 bits per heavy atom. The number of amides is 1. The van der Waals surface area contributed by atoms with Gasteiger partial charge in [0.25, 0.3) is 0 Å². The molecule has 0 saturated heterocycles. The zero-order valence-corrected chi connectivity index (χ0v) is 11.1. The van der Waals surface area contributed by atoms with E-state index in [1.807, 2.05) is 18.7 Å². The first-order valence-corrected chi connectivity index (χ1v) is 6.73. The molecule has 0 spiro atoms. The predicted molar refractivity (Wildman–Crippen MR) is 68.4 cm³/mol. The molecule has 1 saturated carbocycles. The second kappa shape index (κ2) is 6.97. The number of hydrogen-bond acceptors (Lipinski definition) is 3. The minimum Gasteiger partial charge on any atom is -0.395 e. The van der Waals surface area contributed by atoms with Crippen LogP contribution >= 0.6 is 0 Å². The molecule has 1 fully saturated rings. The molecule has 0 aliphatic heterocycles. The van der Waals surface area contributed by atoms with Gasteiger partial charge in [0.2, 0.25) is 5.91 Å². The summed E-state index contributed by atoms with van der Waals surface area (Å²) in [5, 5.41) is 9.11. The van der Waals surface area contributed by atoms with Crippen LogP contribution in [0.15, 0.2) is 0 Å². The number of nitrogens with zero attached hydrogens (tertiary/aromatic N) is 1. The molecule has 17 heavy (non-hydrogen) atoms. The van der Waals surface area contributed by atoms with Crippen LogP contribution in [-0.4, -0.2) is 41.7 Å². The number of aliphatic hydroxyl groups is 1. The normalized spacial score (nSPS) is 18.6. The van der Waals surface area contributed by atoms with Crippen LogP contribution in [0.25, 0.3) is 0 Å². The highest BCUT2D eigenvalue weighted by Gasteiger charge is 2.31. The molecule has 0 bridgehead atoms.